The molecule has 0 saturated heterocycles. The molecule has 1 N–H and O–H groups in total. The van der Waals surface area contributed by atoms with Crippen LogP contribution in [0.3, 0.4) is 0 Å². The molecular weight excluding hydrogens is 206 g/mol. The number of nitrogens with zero attached hydrogens (tertiary/aromatic N) is 1. The summed E-state index contributed by atoms with van der Waals surface area (Å²) in [5.41, 5.74) is 0.731. The molecule has 0 fully saturated rings. The van der Waals surface area contributed by atoms with Gasteiger partial charge in [-0.05, 0) is 13.0 Å². The van der Waals surface area contributed by atoms with E-state index in [1.807, 2.05) is 13.0 Å². The Morgan fingerprint density at radius 2 is 2.12 bits per heavy atom. The Hall–Kier alpha value is -1.55. The molecule has 0 atom stereocenters. The summed E-state index contributed by atoms with van der Waals surface area (Å²) in [4.78, 5) is 13.1. The van der Waals surface area contributed by atoms with Gasteiger partial charge in [-0.1, -0.05) is 18.2 Å². The van der Waals surface area contributed by atoms with Gasteiger partial charge in [0.25, 0.3) is 0 Å². The highest BCUT2D eigenvalue weighted by atomic mass is 16.5. The molecule has 0 heterocycles. The topological polar surface area (TPSA) is 49.8 Å². The normalized spacial score (nSPS) is 10.1. The van der Waals surface area contributed by atoms with Crippen LogP contribution < -0.4 is 0 Å². The van der Waals surface area contributed by atoms with E-state index >= 15 is 0 Å². The molecule has 0 unspecified atom stereocenters. The van der Waals surface area contributed by atoms with Crippen LogP contribution in [0.1, 0.15) is 12.5 Å². The lowest BCUT2D eigenvalue weighted by atomic mass is 10.2. The zero-order valence-corrected chi connectivity index (χ0v) is 9.64. The molecular formula is C12H17NO3. The minimum Gasteiger partial charge on any atom is -0.508 e. The number of carbonyl (C=O) groups excluding carboxylic acids is 1. The summed E-state index contributed by atoms with van der Waals surface area (Å²) in [5.74, 6) is 0.115. The molecule has 16 heavy (non-hydrogen) atoms. The van der Waals surface area contributed by atoms with E-state index in [1.54, 1.807) is 25.2 Å². The first-order valence-corrected chi connectivity index (χ1v) is 5.23. The summed E-state index contributed by atoms with van der Waals surface area (Å²) in [6.45, 7) is 2.84. The van der Waals surface area contributed by atoms with Crippen molar-refractivity contribution in [3.63, 3.8) is 0 Å². The molecule has 0 aliphatic heterocycles. The van der Waals surface area contributed by atoms with E-state index in [1.165, 1.54) is 4.90 Å². The fourth-order valence-corrected chi connectivity index (χ4v) is 1.29. The Kier molecular flexibility index (Phi) is 4.79. The second kappa shape index (κ2) is 6.12. The third-order valence-corrected chi connectivity index (χ3v) is 2.25. The van der Waals surface area contributed by atoms with Crippen molar-refractivity contribution >= 4 is 5.91 Å². The third kappa shape index (κ3) is 3.55. The van der Waals surface area contributed by atoms with Gasteiger partial charge in [0.1, 0.15) is 12.4 Å². The summed E-state index contributed by atoms with van der Waals surface area (Å²) in [7, 11) is 1.69. The number of hydrogen-bond donors (Lipinski definition) is 1. The predicted octanol–water partition coefficient (Wildman–Crippen LogP) is 1.39. The lowest BCUT2D eigenvalue weighted by molar-refractivity contribution is -0.135. The highest BCUT2D eigenvalue weighted by Gasteiger charge is 2.10. The summed E-state index contributed by atoms with van der Waals surface area (Å²) in [6.07, 6.45) is 0. The average molecular weight is 223 g/mol. The number of amides is 1. The first-order chi connectivity index (χ1) is 7.65. The van der Waals surface area contributed by atoms with Gasteiger partial charge in [-0.3, -0.25) is 4.79 Å². The Labute approximate surface area is 95.5 Å². The molecule has 4 nitrogen and oxygen atoms in total. The predicted molar refractivity (Wildman–Crippen MR) is 61.1 cm³/mol. The van der Waals surface area contributed by atoms with Gasteiger partial charge < -0.3 is 14.7 Å². The number of likely N-dealkylation sites (N-methyl/N-ethyl adjacent to an activating group) is 1. The van der Waals surface area contributed by atoms with E-state index in [0.29, 0.717) is 13.2 Å². The lowest BCUT2D eigenvalue weighted by Gasteiger charge is -2.17. The quantitative estimate of drug-likeness (QED) is 0.820. The molecule has 88 valence electrons. The van der Waals surface area contributed by atoms with Gasteiger partial charge in [0.15, 0.2) is 0 Å². The summed E-state index contributed by atoms with van der Waals surface area (Å²) in [6, 6.07) is 6.98. The van der Waals surface area contributed by atoms with Crippen LogP contribution in [0.25, 0.3) is 0 Å². The number of benzene rings is 1. The van der Waals surface area contributed by atoms with E-state index in [4.69, 9.17) is 4.74 Å². The number of rotatable bonds is 5. The standard InChI is InChI=1S/C12H17NO3/c1-3-16-9-12(15)13(2)8-10-6-4-5-7-11(10)14/h4-7,14H,3,8-9H2,1-2H3. The number of hydrogen-bond acceptors (Lipinski definition) is 3. The molecule has 0 aliphatic carbocycles. The number of para-hydroxylation sites is 1. The van der Waals surface area contributed by atoms with Crippen LogP contribution in [-0.4, -0.2) is 36.2 Å². The molecule has 1 amide bonds. The van der Waals surface area contributed by atoms with Crippen molar-refractivity contribution in [3.05, 3.63) is 29.8 Å². The minimum absolute atomic E-state index is 0.0839. The molecule has 1 rings (SSSR count). The van der Waals surface area contributed by atoms with Crippen LogP contribution in [0.2, 0.25) is 0 Å². The fourth-order valence-electron chi connectivity index (χ4n) is 1.29. The van der Waals surface area contributed by atoms with Gasteiger partial charge in [-0.15, -0.1) is 0 Å². The molecule has 4 heteroatoms. The van der Waals surface area contributed by atoms with Crippen LogP contribution >= 0.6 is 0 Å². The zero-order chi connectivity index (χ0) is 12.0. The second-order valence-corrected chi connectivity index (χ2v) is 3.52. The van der Waals surface area contributed by atoms with Crippen LogP contribution in [-0.2, 0) is 16.1 Å². The maximum absolute atomic E-state index is 11.5. The first kappa shape index (κ1) is 12.5. The van der Waals surface area contributed by atoms with Gasteiger partial charge in [0.2, 0.25) is 5.91 Å². The number of carbonyl (C=O) groups is 1. The van der Waals surface area contributed by atoms with Gasteiger partial charge in [-0.2, -0.15) is 0 Å². The van der Waals surface area contributed by atoms with E-state index < -0.39 is 0 Å². The highest BCUT2D eigenvalue weighted by Crippen LogP contribution is 2.16. The Balaban J connectivity index is 2.54. The largest absolute Gasteiger partial charge is 0.508 e. The van der Waals surface area contributed by atoms with Gasteiger partial charge in [0, 0.05) is 25.8 Å². The van der Waals surface area contributed by atoms with Crippen LogP contribution in [0, 0.1) is 0 Å². The Bertz CT molecular complexity index is 352. The molecule has 0 bridgehead atoms. The maximum atomic E-state index is 11.5. The Morgan fingerprint density at radius 1 is 1.44 bits per heavy atom. The molecule has 1 aromatic rings. The smallest absolute Gasteiger partial charge is 0.248 e. The van der Waals surface area contributed by atoms with Crippen LogP contribution in [0.5, 0.6) is 5.75 Å². The second-order valence-electron chi connectivity index (χ2n) is 3.52. The van der Waals surface area contributed by atoms with Gasteiger partial charge in [-0.25, -0.2) is 0 Å². The Morgan fingerprint density at radius 3 is 2.75 bits per heavy atom. The summed E-state index contributed by atoms with van der Waals surface area (Å²) in [5, 5.41) is 9.55. The third-order valence-electron chi connectivity index (χ3n) is 2.25. The number of phenolic OH excluding ortho intramolecular Hbond substituents is 1. The van der Waals surface area contributed by atoms with Crippen molar-refractivity contribution in [3.8, 4) is 5.75 Å². The number of aromatic hydroxyl groups is 1. The monoisotopic (exact) mass is 223 g/mol. The zero-order valence-electron chi connectivity index (χ0n) is 9.64. The van der Waals surface area contributed by atoms with Crippen molar-refractivity contribution in [2.24, 2.45) is 0 Å². The number of ether oxygens (including phenoxy) is 1. The van der Waals surface area contributed by atoms with Crippen LogP contribution in [0.15, 0.2) is 24.3 Å². The maximum Gasteiger partial charge on any atom is 0.248 e. The molecule has 0 aromatic heterocycles. The van der Waals surface area contributed by atoms with Gasteiger partial charge >= 0.3 is 0 Å². The average Bonchev–Trinajstić information content (AvgIpc) is 2.28. The SMILES string of the molecule is CCOCC(=O)N(C)Cc1ccccc1O. The fraction of sp³-hybridized carbons (Fsp3) is 0.417. The van der Waals surface area contributed by atoms with Crippen molar-refractivity contribution in [2.45, 2.75) is 13.5 Å². The molecule has 1 aromatic carbocycles. The van der Waals surface area contributed by atoms with Crippen molar-refractivity contribution in [2.75, 3.05) is 20.3 Å². The van der Waals surface area contributed by atoms with E-state index in [0.717, 1.165) is 5.56 Å². The van der Waals surface area contributed by atoms with Crippen molar-refractivity contribution in [1.82, 2.24) is 4.90 Å². The van der Waals surface area contributed by atoms with Crippen molar-refractivity contribution < 1.29 is 14.6 Å². The summed E-state index contributed by atoms with van der Waals surface area (Å²) >= 11 is 0. The van der Waals surface area contributed by atoms with E-state index in [-0.39, 0.29) is 18.3 Å². The molecule has 0 spiro atoms. The van der Waals surface area contributed by atoms with E-state index in [9.17, 15) is 9.90 Å². The molecule has 0 aliphatic rings. The highest BCUT2D eigenvalue weighted by molar-refractivity contribution is 5.77. The van der Waals surface area contributed by atoms with Crippen LogP contribution in [0.4, 0.5) is 0 Å². The summed E-state index contributed by atoms with van der Waals surface area (Å²) < 4.78 is 5.03. The number of phenols is 1. The first-order valence-electron chi connectivity index (χ1n) is 5.23. The molecule has 0 radical (unpaired) electrons. The lowest BCUT2D eigenvalue weighted by Crippen LogP contribution is -2.29. The minimum atomic E-state index is -0.0925. The van der Waals surface area contributed by atoms with Crippen molar-refractivity contribution in [1.29, 1.82) is 0 Å². The molecule has 0 saturated carbocycles. The van der Waals surface area contributed by atoms with E-state index in [2.05, 4.69) is 0 Å². The van der Waals surface area contributed by atoms with Gasteiger partial charge in [0.05, 0.1) is 0 Å².